The number of carbonyl (C=O) groups is 2. The van der Waals surface area contributed by atoms with E-state index in [0.29, 0.717) is 25.3 Å². The molecule has 1 fully saturated rings. The van der Waals surface area contributed by atoms with Crippen LogP contribution in [0.25, 0.3) is 0 Å². The van der Waals surface area contributed by atoms with Crippen LogP contribution in [0, 0.1) is 5.92 Å². The zero-order valence-electron chi connectivity index (χ0n) is 20.1. The van der Waals surface area contributed by atoms with Crippen molar-refractivity contribution >= 4 is 11.8 Å². The van der Waals surface area contributed by atoms with Crippen LogP contribution < -0.4 is 11.1 Å². The highest BCUT2D eigenvalue weighted by molar-refractivity contribution is 5.81. The van der Waals surface area contributed by atoms with Gasteiger partial charge in [-0.05, 0) is 38.0 Å². The molecule has 1 heterocycles. The minimum Gasteiger partial charge on any atom is -0.353 e. The van der Waals surface area contributed by atoms with Gasteiger partial charge >= 0.3 is 0 Å². The summed E-state index contributed by atoms with van der Waals surface area (Å²) in [5.41, 5.74) is 5.98. The molecule has 1 rings (SSSR count). The second kappa shape index (κ2) is 16.6. The van der Waals surface area contributed by atoms with Crippen molar-refractivity contribution in [2.45, 2.75) is 129 Å². The Balaban J connectivity index is 2.21. The SMILES string of the molecule is CCCCCCCCCCCCC(=O)N1CCCCC1CNC(=O)[C@@H](N)CC(C)C. The molecule has 1 aliphatic rings. The molecule has 0 bridgehead atoms. The Hall–Kier alpha value is -1.10. The number of likely N-dealkylation sites (tertiary alicyclic amines) is 1. The van der Waals surface area contributed by atoms with Gasteiger partial charge < -0.3 is 16.0 Å². The van der Waals surface area contributed by atoms with Gasteiger partial charge in [0.15, 0.2) is 0 Å². The van der Waals surface area contributed by atoms with Gasteiger partial charge in [-0.2, -0.15) is 0 Å². The molecule has 2 amide bonds. The van der Waals surface area contributed by atoms with E-state index in [1.165, 1.54) is 51.4 Å². The van der Waals surface area contributed by atoms with Gasteiger partial charge in [-0.1, -0.05) is 78.6 Å². The van der Waals surface area contributed by atoms with E-state index in [-0.39, 0.29) is 17.9 Å². The van der Waals surface area contributed by atoms with Crippen LogP contribution in [0.4, 0.5) is 0 Å². The number of nitrogens with one attached hydrogen (secondary N) is 1. The van der Waals surface area contributed by atoms with E-state index < -0.39 is 6.04 Å². The number of unbranched alkanes of at least 4 members (excludes halogenated alkanes) is 9. The third kappa shape index (κ3) is 11.9. The van der Waals surface area contributed by atoms with Gasteiger partial charge in [0.05, 0.1) is 6.04 Å². The van der Waals surface area contributed by atoms with Gasteiger partial charge in [-0.25, -0.2) is 0 Å². The molecule has 1 aliphatic heterocycles. The number of amides is 2. The van der Waals surface area contributed by atoms with Crippen LogP contribution in [-0.4, -0.2) is 41.9 Å². The summed E-state index contributed by atoms with van der Waals surface area (Å²) >= 11 is 0. The molecular formula is C25H49N3O2. The number of piperidine rings is 1. The summed E-state index contributed by atoms with van der Waals surface area (Å²) in [6.45, 7) is 7.76. The molecule has 3 N–H and O–H groups in total. The third-order valence-corrected chi connectivity index (χ3v) is 6.27. The van der Waals surface area contributed by atoms with Gasteiger partial charge in [-0.3, -0.25) is 9.59 Å². The lowest BCUT2D eigenvalue weighted by atomic mass is 10.00. The lowest BCUT2D eigenvalue weighted by molar-refractivity contribution is -0.135. The lowest BCUT2D eigenvalue weighted by Crippen LogP contribution is -2.51. The maximum Gasteiger partial charge on any atom is 0.236 e. The van der Waals surface area contributed by atoms with Gasteiger partial charge in [-0.15, -0.1) is 0 Å². The minimum atomic E-state index is -0.454. The Bertz CT molecular complexity index is 467. The van der Waals surface area contributed by atoms with Gasteiger partial charge in [0, 0.05) is 25.6 Å². The molecule has 0 aliphatic carbocycles. The van der Waals surface area contributed by atoms with E-state index in [2.05, 4.69) is 26.1 Å². The molecule has 0 aromatic heterocycles. The van der Waals surface area contributed by atoms with Crippen LogP contribution >= 0.6 is 0 Å². The van der Waals surface area contributed by atoms with Crippen LogP contribution in [-0.2, 0) is 9.59 Å². The summed E-state index contributed by atoms with van der Waals surface area (Å²) in [6.07, 6.45) is 17.3. The van der Waals surface area contributed by atoms with Crippen molar-refractivity contribution in [1.82, 2.24) is 10.2 Å². The normalized spacial score (nSPS) is 17.9. The smallest absolute Gasteiger partial charge is 0.236 e. The second-order valence-corrected chi connectivity index (χ2v) is 9.65. The standard InChI is InChI=1S/C25H49N3O2/c1-4-5-6-7-8-9-10-11-12-13-17-24(29)28-18-15-14-16-22(28)20-27-25(30)23(26)19-21(2)3/h21-23H,4-20,26H2,1-3H3,(H,27,30)/t22?,23-/m0/s1. The van der Waals surface area contributed by atoms with E-state index in [1.54, 1.807) is 0 Å². The largest absolute Gasteiger partial charge is 0.353 e. The van der Waals surface area contributed by atoms with E-state index >= 15 is 0 Å². The van der Waals surface area contributed by atoms with Crippen LogP contribution in [0.1, 0.15) is 117 Å². The number of carbonyl (C=O) groups excluding carboxylic acids is 2. The number of hydrogen-bond acceptors (Lipinski definition) is 3. The van der Waals surface area contributed by atoms with E-state index in [9.17, 15) is 9.59 Å². The van der Waals surface area contributed by atoms with Crippen LogP contribution in [0.5, 0.6) is 0 Å². The Morgan fingerprint density at radius 1 is 0.967 bits per heavy atom. The summed E-state index contributed by atoms with van der Waals surface area (Å²) in [5, 5.41) is 2.99. The third-order valence-electron chi connectivity index (χ3n) is 6.27. The van der Waals surface area contributed by atoms with Crippen molar-refractivity contribution in [3.63, 3.8) is 0 Å². The second-order valence-electron chi connectivity index (χ2n) is 9.65. The fourth-order valence-electron chi connectivity index (χ4n) is 4.41. The molecule has 0 aromatic rings. The van der Waals surface area contributed by atoms with E-state index in [1.807, 2.05) is 4.90 Å². The molecule has 5 heteroatoms. The number of rotatable bonds is 16. The maximum atomic E-state index is 12.8. The Morgan fingerprint density at radius 2 is 1.57 bits per heavy atom. The summed E-state index contributed by atoms with van der Waals surface area (Å²) in [4.78, 5) is 27.0. The summed E-state index contributed by atoms with van der Waals surface area (Å²) in [6, 6.07) is -0.325. The topological polar surface area (TPSA) is 75.4 Å². The molecule has 1 saturated heterocycles. The quantitative estimate of drug-likeness (QED) is 0.336. The molecular weight excluding hydrogens is 374 g/mol. The average molecular weight is 424 g/mol. The average Bonchev–Trinajstić information content (AvgIpc) is 2.72. The first-order valence-electron chi connectivity index (χ1n) is 12.8. The molecule has 30 heavy (non-hydrogen) atoms. The predicted octanol–water partition coefficient (Wildman–Crippen LogP) is 5.17. The highest BCUT2D eigenvalue weighted by atomic mass is 16.2. The Morgan fingerprint density at radius 3 is 2.17 bits per heavy atom. The Kier molecular flexibility index (Phi) is 14.9. The van der Waals surface area contributed by atoms with Crippen molar-refractivity contribution in [2.24, 2.45) is 11.7 Å². The van der Waals surface area contributed by atoms with Crippen LogP contribution in [0.3, 0.4) is 0 Å². The van der Waals surface area contributed by atoms with Crippen molar-refractivity contribution in [1.29, 1.82) is 0 Å². The highest BCUT2D eigenvalue weighted by Crippen LogP contribution is 2.19. The van der Waals surface area contributed by atoms with E-state index in [4.69, 9.17) is 5.73 Å². The van der Waals surface area contributed by atoms with Crippen LogP contribution in [0.15, 0.2) is 0 Å². The summed E-state index contributed by atoms with van der Waals surface area (Å²) < 4.78 is 0. The zero-order valence-corrected chi connectivity index (χ0v) is 20.1. The predicted molar refractivity (Wildman–Crippen MR) is 126 cm³/mol. The minimum absolute atomic E-state index is 0.0867. The molecule has 0 radical (unpaired) electrons. The first kappa shape index (κ1) is 26.9. The monoisotopic (exact) mass is 423 g/mol. The van der Waals surface area contributed by atoms with Gasteiger partial charge in [0.2, 0.25) is 11.8 Å². The Labute approximate surface area is 185 Å². The first-order valence-corrected chi connectivity index (χ1v) is 12.8. The first-order chi connectivity index (χ1) is 14.5. The molecule has 176 valence electrons. The van der Waals surface area contributed by atoms with Crippen LogP contribution in [0.2, 0.25) is 0 Å². The molecule has 0 spiro atoms. The molecule has 1 unspecified atom stereocenters. The van der Waals surface area contributed by atoms with Crippen molar-refractivity contribution in [2.75, 3.05) is 13.1 Å². The maximum absolute atomic E-state index is 12.8. The van der Waals surface area contributed by atoms with E-state index in [0.717, 1.165) is 38.6 Å². The summed E-state index contributed by atoms with van der Waals surface area (Å²) in [5.74, 6) is 0.580. The fourth-order valence-corrected chi connectivity index (χ4v) is 4.41. The van der Waals surface area contributed by atoms with Crippen molar-refractivity contribution < 1.29 is 9.59 Å². The fraction of sp³-hybridized carbons (Fsp3) is 0.920. The van der Waals surface area contributed by atoms with Gasteiger partial charge in [0.25, 0.3) is 0 Å². The summed E-state index contributed by atoms with van der Waals surface area (Å²) in [7, 11) is 0. The zero-order chi connectivity index (χ0) is 22.2. The molecule has 2 atom stereocenters. The molecule has 0 saturated carbocycles. The highest BCUT2D eigenvalue weighted by Gasteiger charge is 2.27. The number of hydrogen-bond donors (Lipinski definition) is 2. The lowest BCUT2D eigenvalue weighted by Gasteiger charge is -2.36. The molecule has 5 nitrogen and oxygen atoms in total. The molecule has 0 aromatic carbocycles. The number of nitrogens with zero attached hydrogens (tertiary/aromatic N) is 1. The number of nitrogens with two attached hydrogens (primary N) is 1. The van der Waals surface area contributed by atoms with Gasteiger partial charge in [0.1, 0.15) is 0 Å². The van der Waals surface area contributed by atoms with Crippen molar-refractivity contribution in [3.8, 4) is 0 Å². The van der Waals surface area contributed by atoms with Crippen molar-refractivity contribution in [3.05, 3.63) is 0 Å².